The molecule has 29 heavy (non-hydrogen) atoms. The van der Waals surface area contributed by atoms with Crippen LogP contribution in [0.25, 0.3) is 0 Å². The number of nitrogens with one attached hydrogen (secondary N) is 1. The highest BCUT2D eigenvalue weighted by Crippen LogP contribution is 2.25. The molecule has 2 amide bonds. The summed E-state index contributed by atoms with van der Waals surface area (Å²) < 4.78 is 5.72. The van der Waals surface area contributed by atoms with E-state index < -0.39 is 36.2 Å². The number of hydrogen-bond acceptors (Lipinski definition) is 6. The van der Waals surface area contributed by atoms with Crippen LogP contribution >= 0.6 is 0 Å². The molecule has 8 heteroatoms. The largest absolute Gasteiger partial charge is 0.483 e. The molecule has 1 aliphatic carbocycles. The third-order valence-corrected chi connectivity index (χ3v) is 4.69. The lowest BCUT2D eigenvalue weighted by atomic mass is 9.91. The molecular formula is C21H28N2O6. The summed E-state index contributed by atoms with van der Waals surface area (Å²) in [5.41, 5.74) is 5.99. The van der Waals surface area contributed by atoms with Gasteiger partial charge in [-0.05, 0) is 37.5 Å². The summed E-state index contributed by atoms with van der Waals surface area (Å²) in [5.74, 6) is -0.867. The highest BCUT2D eigenvalue weighted by molar-refractivity contribution is 5.97. The molecule has 0 spiro atoms. The first-order chi connectivity index (χ1) is 13.6. The Labute approximate surface area is 169 Å². The second-order valence-corrected chi connectivity index (χ2v) is 7.68. The number of carbonyl (C=O) groups excluding carboxylic acids is 3. The van der Waals surface area contributed by atoms with Gasteiger partial charge in [0.15, 0.2) is 5.78 Å². The highest BCUT2D eigenvalue weighted by Gasteiger charge is 2.35. The van der Waals surface area contributed by atoms with Crippen molar-refractivity contribution in [2.75, 3.05) is 0 Å². The molecule has 0 fully saturated rings. The molecule has 0 aromatic heterocycles. The van der Waals surface area contributed by atoms with Crippen LogP contribution in [0.2, 0.25) is 0 Å². The molecule has 1 aromatic rings. The molecule has 158 valence electrons. The summed E-state index contributed by atoms with van der Waals surface area (Å²) in [7, 11) is 0. The molecule has 0 unspecified atom stereocenters. The number of rotatable bonds is 8. The number of benzene rings is 1. The molecule has 1 aromatic carbocycles. The van der Waals surface area contributed by atoms with Crippen LogP contribution in [0.5, 0.6) is 5.75 Å². The van der Waals surface area contributed by atoms with Crippen molar-refractivity contribution in [3.8, 4) is 5.75 Å². The first-order valence-corrected chi connectivity index (χ1v) is 9.53. The van der Waals surface area contributed by atoms with Gasteiger partial charge in [-0.2, -0.15) is 0 Å². The fourth-order valence-corrected chi connectivity index (χ4v) is 3.12. The number of aliphatic hydroxyl groups excluding tert-OH is 2. The molecule has 0 heterocycles. The molecule has 0 saturated heterocycles. The van der Waals surface area contributed by atoms with E-state index in [1.54, 1.807) is 18.2 Å². The Balaban J connectivity index is 2.20. The number of hydrogen-bond donors (Lipinski definition) is 4. The van der Waals surface area contributed by atoms with Gasteiger partial charge >= 0.3 is 0 Å². The number of carbonyl (C=O) groups is 3. The van der Waals surface area contributed by atoms with Crippen molar-refractivity contribution in [3.63, 3.8) is 0 Å². The average Bonchev–Trinajstić information content (AvgIpc) is 2.64. The number of primary amides is 1. The maximum absolute atomic E-state index is 12.6. The molecule has 8 nitrogen and oxygen atoms in total. The van der Waals surface area contributed by atoms with Gasteiger partial charge in [-0.25, -0.2) is 0 Å². The van der Waals surface area contributed by atoms with Gasteiger partial charge in [-0.1, -0.05) is 26.0 Å². The van der Waals surface area contributed by atoms with Gasteiger partial charge in [-0.15, -0.1) is 0 Å². The number of amides is 2. The van der Waals surface area contributed by atoms with Crippen molar-refractivity contribution in [3.05, 3.63) is 41.5 Å². The van der Waals surface area contributed by atoms with E-state index in [0.717, 1.165) is 0 Å². The second-order valence-electron chi connectivity index (χ2n) is 7.68. The van der Waals surface area contributed by atoms with Crippen LogP contribution in [0.1, 0.15) is 44.0 Å². The van der Waals surface area contributed by atoms with Gasteiger partial charge in [0.25, 0.3) is 0 Å². The predicted molar refractivity (Wildman–Crippen MR) is 106 cm³/mol. The molecule has 4 atom stereocenters. The molecule has 0 aliphatic heterocycles. The Bertz CT molecular complexity index is 804. The van der Waals surface area contributed by atoms with Gasteiger partial charge in [-0.3, -0.25) is 14.4 Å². The summed E-state index contributed by atoms with van der Waals surface area (Å²) in [6.07, 6.45) is -1.77. The Morgan fingerprint density at radius 1 is 1.28 bits per heavy atom. The van der Waals surface area contributed by atoms with E-state index in [4.69, 9.17) is 10.5 Å². The maximum atomic E-state index is 12.6. The topological polar surface area (TPSA) is 139 Å². The zero-order chi connectivity index (χ0) is 21.7. The Morgan fingerprint density at radius 2 is 1.97 bits per heavy atom. The zero-order valence-corrected chi connectivity index (χ0v) is 16.8. The summed E-state index contributed by atoms with van der Waals surface area (Å²) in [6, 6.07) is 5.57. The van der Waals surface area contributed by atoms with Crippen molar-refractivity contribution in [2.45, 2.75) is 58.0 Å². The van der Waals surface area contributed by atoms with E-state index in [1.807, 2.05) is 13.8 Å². The second kappa shape index (κ2) is 9.67. The van der Waals surface area contributed by atoms with Crippen molar-refractivity contribution in [2.24, 2.45) is 11.7 Å². The van der Waals surface area contributed by atoms with Crippen molar-refractivity contribution < 1.29 is 29.3 Å². The summed E-state index contributed by atoms with van der Waals surface area (Å²) in [4.78, 5) is 35.8. The first-order valence-electron chi connectivity index (χ1n) is 9.53. The minimum atomic E-state index is -1.25. The predicted octanol–water partition coefficient (Wildman–Crippen LogP) is 0.705. The van der Waals surface area contributed by atoms with Gasteiger partial charge in [0.2, 0.25) is 11.8 Å². The van der Waals surface area contributed by atoms with Crippen LogP contribution in [0.4, 0.5) is 0 Å². The average molecular weight is 404 g/mol. The first kappa shape index (κ1) is 22.6. The summed E-state index contributed by atoms with van der Waals surface area (Å²) >= 11 is 0. The van der Waals surface area contributed by atoms with Crippen LogP contribution in [-0.4, -0.2) is 52.2 Å². The Morgan fingerprint density at radius 3 is 2.55 bits per heavy atom. The van der Waals surface area contributed by atoms with Crippen LogP contribution in [0.15, 0.2) is 35.9 Å². The van der Waals surface area contributed by atoms with Crippen LogP contribution in [0.3, 0.4) is 0 Å². The van der Waals surface area contributed by atoms with E-state index in [0.29, 0.717) is 17.7 Å². The van der Waals surface area contributed by atoms with E-state index in [-0.39, 0.29) is 23.7 Å². The fraction of sp³-hybridized carbons (Fsp3) is 0.476. The van der Waals surface area contributed by atoms with Gasteiger partial charge < -0.3 is 26.0 Å². The molecule has 1 aliphatic rings. The Hall–Kier alpha value is -2.71. The molecule has 0 bridgehead atoms. The SMILES string of the molecule is CC(=O)c1cccc(O[C@@H]2C=C(C(=O)N[C@H](CC(C)C)C(N)=O)C[C@@H](O)[C@H]2O)c1. The summed E-state index contributed by atoms with van der Waals surface area (Å²) in [6.45, 7) is 5.23. The van der Waals surface area contributed by atoms with Crippen molar-refractivity contribution >= 4 is 17.6 Å². The molecule has 0 radical (unpaired) electrons. The van der Waals surface area contributed by atoms with Crippen LogP contribution in [-0.2, 0) is 9.59 Å². The minimum absolute atomic E-state index is 0.0898. The van der Waals surface area contributed by atoms with Gasteiger partial charge in [0.1, 0.15) is 24.0 Å². The van der Waals surface area contributed by atoms with Crippen molar-refractivity contribution in [1.82, 2.24) is 5.32 Å². The molecule has 0 saturated carbocycles. The lowest BCUT2D eigenvalue weighted by Crippen LogP contribution is -2.49. The number of Topliss-reactive ketones (excluding diaryl/α,β-unsaturated/α-hetero) is 1. The number of ketones is 1. The van der Waals surface area contributed by atoms with Crippen molar-refractivity contribution in [1.29, 1.82) is 0 Å². The molecule has 5 N–H and O–H groups in total. The number of ether oxygens (including phenoxy) is 1. The number of aliphatic hydroxyl groups is 2. The smallest absolute Gasteiger partial charge is 0.247 e. The molecule has 2 rings (SSSR count). The zero-order valence-electron chi connectivity index (χ0n) is 16.8. The van der Waals surface area contributed by atoms with Gasteiger partial charge in [0, 0.05) is 17.6 Å². The van der Waals surface area contributed by atoms with E-state index in [2.05, 4.69) is 5.32 Å². The standard InChI is InChI=1S/C21H28N2O6/c1-11(2)7-16(20(22)27)23-21(28)14-9-17(25)19(26)18(10-14)29-15-6-4-5-13(8-15)12(3)24/h4-6,8,10-11,16-19,25-26H,7,9H2,1-3H3,(H2,22,27)(H,23,28)/t16-,17-,18-,19-/m1/s1. The lowest BCUT2D eigenvalue weighted by Gasteiger charge is -2.31. The third-order valence-electron chi connectivity index (χ3n) is 4.69. The quantitative estimate of drug-likeness (QED) is 0.471. The third kappa shape index (κ3) is 6.13. The van der Waals surface area contributed by atoms with E-state index in [9.17, 15) is 24.6 Å². The van der Waals surface area contributed by atoms with Crippen LogP contribution < -0.4 is 15.8 Å². The highest BCUT2D eigenvalue weighted by atomic mass is 16.5. The normalized spacial score (nSPS) is 22.6. The fourth-order valence-electron chi connectivity index (χ4n) is 3.12. The monoisotopic (exact) mass is 404 g/mol. The maximum Gasteiger partial charge on any atom is 0.247 e. The summed E-state index contributed by atoms with van der Waals surface area (Å²) in [5, 5.41) is 23.0. The Kier molecular flexibility index (Phi) is 7.53. The van der Waals surface area contributed by atoms with Crippen LogP contribution in [0, 0.1) is 5.92 Å². The van der Waals surface area contributed by atoms with E-state index in [1.165, 1.54) is 19.1 Å². The number of nitrogens with two attached hydrogens (primary N) is 1. The van der Waals surface area contributed by atoms with Gasteiger partial charge in [0.05, 0.1) is 6.10 Å². The lowest BCUT2D eigenvalue weighted by molar-refractivity contribution is -0.126. The van der Waals surface area contributed by atoms with E-state index >= 15 is 0 Å². The minimum Gasteiger partial charge on any atom is -0.483 e. The molecular weight excluding hydrogens is 376 g/mol.